The normalized spacial score (nSPS) is 10.2. The molecule has 9 heteroatoms. The van der Waals surface area contributed by atoms with Crippen LogP contribution in [0.4, 0.5) is 11.4 Å². The van der Waals surface area contributed by atoms with E-state index < -0.39 is 5.91 Å². The van der Waals surface area contributed by atoms with Gasteiger partial charge >= 0.3 is 0 Å². The number of hydrogen-bond donors (Lipinski definition) is 3. The molecule has 0 atom stereocenters. The van der Waals surface area contributed by atoms with Gasteiger partial charge in [0.15, 0.2) is 10.9 Å². The summed E-state index contributed by atoms with van der Waals surface area (Å²) in [6.45, 7) is 0. The second kappa shape index (κ2) is 8.88. The zero-order valence-corrected chi connectivity index (χ0v) is 16.5. The van der Waals surface area contributed by atoms with Crippen LogP contribution in [0, 0.1) is 0 Å². The van der Waals surface area contributed by atoms with E-state index in [4.69, 9.17) is 39.8 Å². The number of thiocarbonyl (C=S) groups is 1. The van der Waals surface area contributed by atoms with Crippen molar-refractivity contribution in [3.63, 3.8) is 0 Å². The highest BCUT2D eigenvalue weighted by Gasteiger charge is 2.13. The molecule has 0 spiro atoms. The van der Waals surface area contributed by atoms with Crippen LogP contribution in [0.2, 0.25) is 10.0 Å². The van der Waals surface area contributed by atoms with Gasteiger partial charge in [0.2, 0.25) is 0 Å². The van der Waals surface area contributed by atoms with Gasteiger partial charge < -0.3 is 15.1 Å². The van der Waals surface area contributed by atoms with Crippen LogP contribution >= 0.6 is 35.4 Å². The maximum Gasteiger partial charge on any atom is 0.291 e. The largest absolute Gasteiger partial charge is 0.459 e. The van der Waals surface area contributed by atoms with E-state index in [1.54, 1.807) is 42.5 Å². The molecule has 0 aliphatic heterocycles. The molecule has 0 aliphatic rings. The second-order valence-electron chi connectivity index (χ2n) is 5.54. The first-order valence-corrected chi connectivity index (χ1v) is 9.11. The molecule has 6 nitrogen and oxygen atoms in total. The number of nitrogens with one attached hydrogen (secondary N) is 3. The van der Waals surface area contributed by atoms with Crippen LogP contribution in [0.3, 0.4) is 0 Å². The fourth-order valence-corrected chi connectivity index (χ4v) is 2.95. The Morgan fingerprint density at radius 2 is 1.57 bits per heavy atom. The third-order valence-electron chi connectivity index (χ3n) is 3.55. The summed E-state index contributed by atoms with van der Waals surface area (Å²) in [6.07, 6.45) is 1.42. The van der Waals surface area contributed by atoms with Gasteiger partial charge in [0, 0.05) is 16.4 Å². The van der Waals surface area contributed by atoms with Crippen LogP contribution in [-0.2, 0) is 0 Å². The molecule has 0 aliphatic carbocycles. The highest BCUT2D eigenvalue weighted by atomic mass is 35.5. The van der Waals surface area contributed by atoms with Gasteiger partial charge in [-0.15, -0.1) is 0 Å². The third kappa shape index (κ3) is 5.10. The monoisotopic (exact) mass is 433 g/mol. The maximum atomic E-state index is 12.2. The smallest absolute Gasteiger partial charge is 0.291 e. The molecular weight excluding hydrogens is 421 g/mol. The number of rotatable bonds is 4. The summed E-state index contributed by atoms with van der Waals surface area (Å²) in [5, 5.41) is 8.88. The highest BCUT2D eigenvalue weighted by molar-refractivity contribution is 7.80. The van der Waals surface area contributed by atoms with Gasteiger partial charge in [-0.05, 0) is 66.8 Å². The van der Waals surface area contributed by atoms with Crippen LogP contribution in [-0.4, -0.2) is 16.9 Å². The van der Waals surface area contributed by atoms with Gasteiger partial charge in [0.1, 0.15) is 0 Å². The Hall–Kier alpha value is -2.87. The molecule has 28 heavy (non-hydrogen) atoms. The van der Waals surface area contributed by atoms with E-state index in [1.807, 2.05) is 0 Å². The van der Waals surface area contributed by atoms with Crippen LogP contribution < -0.4 is 16.0 Å². The Kier molecular flexibility index (Phi) is 6.30. The number of amides is 2. The van der Waals surface area contributed by atoms with Gasteiger partial charge in [-0.2, -0.15) is 0 Å². The zero-order valence-electron chi connectivity index (χ0n) is 14.2. The Morgan fingerprint density at radius 3 is 2.18 bits per heavy atom. The number of halogens is 2. The number of anilines is 2. The average molecular weight is 434 g/mol. The molecule has 1 heterocycles. The van der Waals surface area contributed by atoms with E-state index in [2.05, 4.69) is 16.0 Å². The van der Waals surface area contributed by atoms with E-state index in [9.17, 15) is 9.59 Å². The van der Waals surface area contributed by atoms with Crippen molar-refractivity contribution in [2.45, 2.75) is 0 Å². The van der Waals surface area contributed by atoms with Gasteiger partial charge in [-0.25, -0.2) is 0 Å². The molecule has 3 rings (SSSR count). The Morgan fingerprint density at radius 1 is 0.893 bits per heavy atom. The fourth-order valence-electron chi connectivity index (χ4n) is 2.24. The molecule has 3 N–H and O–H groups in total. The van der Waals surface area contributed by atoms with E-state index >= 15 is 0 Å². The van der Waals surface area contributed by atoms with Gasteiger partial charge in [0.25, 0.3) is 11.8 Å². The van der Waals surface area contributed by atoms with Crippen molar-refractivity contribution < 1.29 is 14.0 Å². The Balaban J connectivity index is 1.57. The topological polar surface area (TPSA) is 83.4 Å². The van der Waals surface area contributed by atoms with Gasteiger partial charge in [-0.3, -0.25) is 14.9 Å². The van der Waals surface area contributed by atoms with Gasteiger partial charge in [0.05, 0.1) is 16.8 Å². The fraction of sp³-hybridized carbons (Fsp3) is 0. The summed E-state index contributed by atoms with van der Waals surface area (Å²) in [7, 11) is 0. The number of benzene rings is 2. The molecule has 0 unspecified atom stereocenters. The lowest BCUT2D eigenvalue weighted by molar-refractivity contribution is 0.0975. The average Bonchev–Trinajstić information content (AvgIpc) is 3.18. The summed E-state index contributed by atoms with van der Waals surface area (Å²) in [4.78, 5) is 24.2. The van der Waals surface area contributed by atoms with Crippen molar-refractivity contribution in [3.05, 3.63) is 82.2 Å². The van der Waals surface area contributed by atoms with Crippen molar-refractivity contribution in [1.82, 2.24) is 5.32 Å². The molecule has 142 valence electrons. The molecule has 0 fully saturated rings. The highest BCUT2D eigenvalue weighted by Crippen LogP contribution is 2.21. The molecular formula is C19H13Cl2N3O3S. The van der Waals surface area contributed by atoms with Crippen molar-refractivity contribution >= 4 is 63.7 Å². The number of hydrogen-bond acceptors (Lipinski definition) is 4. The van der Waals surface area contributed by atoms with Crippen molar-refractivity contribution in [2.75, 3.05) is 10.6 Å². The SMILES string of the molecule is O=C(Nc1ccc(NC(=S)NC(=O)c2ccc(Cl)cc2Cl)cc1)c1ccco1. The van der Waals surface area contributed by atoms with E-state index in [1.165, 1.54) is 18.4 Å². The molecule has 2 amide bonds. The minimum Gasteiger partial charge on any atom is -0.459 e. The molecule has 0 saturated heterocycles. The van der Waals surface area contributed by atoms with Crippen molar-refractivity contribution in [3.8, 4) is 0 Å². The Bertz CT molecular complexity index is 1020. The first-order chi connectivity index (χ1) is 13.4. The van der Waals surface area contributed by atoms with E-state index in [0.29, 0.717) is 16.4 Å². The minimum absolute atomic E-state index is 0.100. The second-order valence-corrected chi connectivity index (χ2v) is 6.79. The summed E-state index contributed by atoms with van der Waals surface area (Å²) in [5.74, 6) is -0.596. The van der Waals surface area contributed by atoms with Crippen LogP contribution in [0.1, 0.15) is 20.9 Å². The van der Waals surface area contributed by atoms with Crippen molar-refractivity contribution in [1.29, 1.82) is 0 Å². The lowest BCUT2D eigenvalue weighted by Crippen LogP contribution is -2.34. The van der Waals surface area contributed by atoms with Crippen LogP contribution in [0.5, 0.6) is 0 Å². The summed E-state index contributed by atoms with van der Waals surface area (Å²) in [6, 6.07) is 14.5. The Labute approximate surface area is 175 Å². The molecule has 2 aromatic carbocycles. The standard InChI is InChI=1S/C19H13Cl2N3O3S/c20-11-3-8-14(15(21)10-11)17(25)24-19(28)23-13-6-4-12(5-7-13)22-18(26)16-2-1-9-27-16/h1-10H,(H,22,26)(H2,23,24,25,28). The molecule has 3 aromatic rings. The molecule has 1 aromatic heterocycles. The molecule has 0 radical (unpaired) electrons. The summed E-state index contributed by atoms with van der Waals surface area (Å²) in [5.41, 5.74) is 1.46. The summed E-state index contributed by atoms with van der Waals surface area (Å²) < 4.78 is 5.03. The molecule has 0 bridgehead atoms. The lowest BCUT2D eigenvalue weighted by atomic mass is 10.2. The molecule has 0 saturated carbocycles. The van der Waals surface area contributed by atoms with Crippen molar-refractivity contribution in [2.24, 2.45) is 0 Å². The number of furan rings is 1. The first kappa shape index (κ1) is 19.9. The lowest BCUT2D eigenvalue weighted by Gasteiger charge is -2.11. The predicted molar refractivity (Wildman–Crippen MR) is 113 cm³/mol. The van der Waals surface area contributed by atoms with Crippen LogP contribution in [0.25, 0.3) is 0 Å². The zero-order chi connectivity index (χ0) is 20.1. The van der Waals surface area contributed by atoms with E-state index in [0.717, 1.165) is 0 Å². The maximum absolute atomic E-state index is 12.2. The predicted octanol–water partition coefficient (Wildman–Crippen LogP) is 4.97. The third-order valence-corrected chi connectivity index (χ3v) is 4.30. The quantitative estimate of drug-likeness (QED) is 0.506. The summed E-state index contributed by atoms with van der Waals surface area (Å²) >= 11 is 17.0. The van der Waals surface area contributed by atoms with Crippen LogP contribution in [0.15, 0.2) is 65.3 Å². The van der Waals surface area contributed by atoms with Gasteiger partial charge in [-0.1, -0.05) is 23.2 Å². The first-order valence-electron chi connectivity index (χ1n) is 7.94. The number of carbonyl (C=O) groups excluding carboxylic acids is 2. The number of carbonyl (C=O) groups is 2. The van der Waals surface area contributed by atoms with E-state index in [-0.39, 0.29) is 27.4 Å². The minimum atomic E-state index is -0.457.